The van der Waals surface area contributed by atoms with E-state index in [-0.39, 0.29) is 23.4 Å². The maximum absolute atomic E-state index is 14.0. The number of anilines is 2. The molecule has 1 unspecified atom stereocenters. The Kier molecular flexibility index (Phi) is 8.43. The number of aromatic carboxylic acids is 1. The Balaban J connectivity index is 1.28. The number of H-pyrrole nitrogens is 1. The zero-order chi connectivity index (χ0) is 30.9. The van der Waals surface area contributed by atoms with Gasteiger partial charge in [0.2, 0.25) is 0 Å². The Bertz CT molecular complexity index is 1670. The van der Waals surface area contributed by atoms with Gasteiger partial charge >= 0.3 is 12.1 Å². The average molecular weight is 595 g/mol. The molecule has 1 amide bonds. The highest BCUT2D eigenvalue weighted by Crippen LogP contribution is 2.34. The lowest BCUT2D eigenvalue weighted by Gasteiger charge is -2.22. The minimum absolute atomic E-state index is 0.0423. The molecule has 2 aromatic carbocycles. The fraction of sp³-hybridized carbons (Fsp3) is 0.323. The minimum Gasteiger partial charge on any atom is -0.477 e. The largest absolute Gasteiger partial charge is 0.477 e. The second-order valence-electron chi connectivity index (χ2n) is 11.1. The van der Waals surface area contributed by atoms with Crippen LogP contribution in [0.25, 0.3) is 11.0 Å². The lowest BCUT2D eigenvalue weighted by atomic mass is 10.0. The molecule has 0 spiro atoms. The fourth-order valence-electron chi connectivity index (χ4n) is 5.31. The fourth-order valence-corrected chi connectivity index (χ4v) is 5.31. The third-order valence-electron chi connectivity index (χ3n) is 7.84. The summed E-state index contributed by atoms with van der Waals surface area (Å²) in [4.78, 5) is 35.4. The van der Waals surface area contributed by atoms with Gasteiger partial charge in [0.05, 0.1) is 17.4 Å². The van der Waals surface area contributed by atoms with Gasteiger partial charge in [-0.05, 0) is 80.5 Å². The monoisotopic (exact) mass is 594 g/mol. The van der Waals surface area contributed by atoms with Gasteiger partial charge in [-0.2, -0.15) is 13.2 Å². The number of likely N-dealkylation sites (tertiary alicyclic amines) is 1. The average Bonchev–Trinajstić information content (AvgIpc) is 3.60. The number of carboxylic acid groups (broad SMARTS) is 1. The summed E-state index contributed by atoms with van der Waals surface area (Å²) in [5.74, 6) is -1.71. The summed E-state index contributed by atoms with van der Waals surface area (Å²) in [6, 6.07) is 12.6. The van der Waals surface area contributed by atoms with E-state index in [0.29, 0.717) is 41.5 Å². The second kappa shape index (κ2) is 12.1. The highest BCUT2D eigenvalue weighted by molar-refractivity contribution is 6.04. The topological polar surface area (TPSA) is 114 Å². The van der Waals surface area contributed by atoms with E-state index in [9.17, 15) is 27.9 Å². The number of aryl methyl sites for hydroxylation is 1. The summed E-state index contributed by atoms with van der Waals surface area (Å²) in [5.41, 5.74) is 2.69. The SMILES string of the molecule is Cc1ccc(NC(=O)c2ccc(CN3CCC(N(C)C)C3)c(C(F)(F)F)c2)cc1CNc1cnc2[nH]c(C(=O)O)cc2c1. The van der Waals surface area contributed by atoms with Crippen molar-refractivity contribution < 1.29 is 27.9 Å². The quantitative estimate of drug-likeness (QED) is 0.200. The summed E-state index contributed by atoms with van der Waals surface area (Å²) < 4.78 is 42.1. The van der Waals surface area contributed by atoms with Crippen molar-refractivity contribution in [3.8, 4) is 0 Å². The van der Waals surface area contributed by atoms with Crippen molar-refractivity contribution in [2.75, 3.05) is 37.8 Å². The van der Waals surface area contributed by atoms with Gasteiger partial charge in [0.15, 0.2) is 0 Å². The Morgan fingerprint density at radius 2 is 1.88 bits per heavy atom. The van der Waals surface area contributed by atoms with Crippen LogP contribution in [0.15, 0.2) is 54.7 Å². The molecule has 1 aliphatic heterocycles. The number of carbonyl (C=O) groups is 2. The van der Waals surface area contributed by atoms with Crippen molar-refractivity contribution in [1.82, 2.24) is 19.8 Å². The predicted octanol–water partition coefficient (Wildman–Crippen LogP) is 5.59. The molecule has 1 aliphatic rings. The molecule has 0 saturated carbocycles. The second-order valence-corrected chi connectivity index (χ2v) is 11.1. The lowest BCUT2D eigenvalue weighted by molar-refractivity contribution is -0.138. The number of benzene rings is 2. The molecule has 12 heteroatoms. The van der Waals surface area contributed by atoms with Crippen molar-refractivity contribution >= 4 is 34.3 Å². The smallest absolute Gasteiger partial charge is 0.416 e. The lowest BCUT2D eigenvalue weighted by Crippen LogP contribution is -2.31. The molecule has 3 heterocycles. The van der Waals surface area contributed by atoms with E-state index in [1.165, 1.54) is 18.2 Å². The van der Waals surface area contributed by atoms with Crippen LogP contribution in [0.4, 0.5) is 24.5 Å². The van der Waals surface area contributed by atoms with Crippen LogP contribution in [0.5, 0.6) is 0 Å². The molecular formula is C31H33F3N6O3. The number of hydrogen-bond acceptors (Lipinski definition) is 6. The van der Waals surface area contributed by atoms with Gasteiger partial charge in [-0.3, -0.25) is 9.69 Å². The van der Waals surface area contributed by atoms with Crippen LogP contribution >= 0.6 is 0 Å². The predicted molar refractivity (Wildman–Crippen MR) is 158 cm³/mol. The number of aromatic amines is 1. The number of alkyl halides is 3. The van der Waals surface area contributed by atoms with Crippen LogP contribution in [0.1, 0.15) is 49.5 Å². The van der Waals surface area contributed by atoms with Crippen molar-refractivity contribution in [3.05, 3.63) is 88.2 Å². The zero-order valence-corrected chi connectivity index (χ0v) is 24.0. The number of likely N-dealkylation sites (N-methyl/N-ethyl adjacent to an activating group) is 1. The number of carboxylic acids is 1. The van der Waals surface area contributed by atoms with Gasteiger partial charge < -0.3 is 25.6 Å². The molecule has 5 rings (SSSR count). The van der Waals surface area contributed by atoms with Crippen molar-refractivity contribution in [2.24, 2.45) is 0 Å². The summed E-state index contributed by atoms with van der Waals surface area (Å²) >= 11 is 0. The van der Waals surface area contributed by atoms with Gasteiger partial charge in [-0.15, -0.1) is 0 Å². The Hall–Kier alpha value is -4.42. The number of halogens is 3. The van der Waals surface area contributed by atoms with Crippen LogP contribution in [0.3, 0.4) is 0 Å². The van der Waals surface area contributed by atoms with E-state index in [4.69, 9.17) is 0 Å². The molecule has 43 heavy (non-hydrogen) atoms. The third kappa shape index (κ3) is 6.98. The van der Waals surface area contributed by atoms with Gasteiger partial charge in [0.1, 0.15) is 11.3 Å². The van der Waals surface area contributed by atoms with Crippen LogP contribution in [0.2, 0.25) is 0 Å². The van der Waals surface area contributed by atoms with Crippen LogP contribution in [-0.2, 0) is 19.3 Å². The summed E-state index contributed by atoms with van der Waals surface area (Å²) in [5, 5.41) is 15.8. The zero-order valence-electron chi connectivity index (χ0n) is 24.0. The van der Waals surface area contributed by atoms with Crippen molar-refractivity contribution in [1.29, 1.82) is 0 Å². The molecule has 0 radical (unpaired) electrons. The van der Waals surface area contributed by atoms with E-state index >= 15 is 0 Å². The molecule has 2 aromatic heterocycles. The number of carbonyl (C=O) groups excluding carboxylic acids is 1. The third-order valence-corrected chi connectivity index (χ3v) is 7.84. The van der Waals surface area contributed by atoms with E-state index in [2.05, 4.69) is 25.5 Å². The molecule has 9 nitrogen and oxygen atoms in total. The number of nitrogens with zero attached hydrogens (tertiary/aromatic N) is 3. The highest BCUT2D eigenvalue weighted by Gasteiger charge is 2.35. The molecule has 4 aromatic rings. The van der Waals surface area contributed by atoms with Gasteiger partial charge in [-0.25, -0.2) is 9.78 Å². The van der Waals surface area contributed by atoms with Gasteiger partial charge in [0, 0.05) is 48.9 Å². The summed E-state index contributed by atoms with van der Waals surface area (Å²) in [6.07, 6.45) is -2.12. The molecule has 0 aliphatic carbocycles. The number of hydrogen-bond donors (Lipinski definition) is 4. The first-order chi connectivity index (χ1) is 20.4. The van der Waals surface area contributed by atoms with Crippen molar-refractivity contribution in [3.63, 3.8) is 0 Å². The van der Waals surface area contributed by atoms with E-state index < -0.39 is 23.6 Å². The molecule has 4 N–H and O–H groups in total. The van der Waals surface area contributed by atoms with Crippen LogP contribution in [-0.4, -0.2) is 70.0 Å². The number of aromatic nitrogens is 2. The Labute approximate surface area is 246 Å². The van der Waals surface area contributed by atoms with E-state index in [1.807, 2.05) is 32.0 Å². The highest BCUT2D eigenvalue weighted by atomic mass is 19.4. The first kappa shape index (κ1) is 30.1. The number of amides is 1. The molecule has 0 bridgehead atoms. The molecule has 1 saturated heterocycles. The first-order valence-electron chi connectivity index (χ1n) is 13.8. The Morgan fingerprint density at radius 3 is 2.58 bits per heavy atom. The first-order valence-corrected chi connectivity index (χ1v) is 13.8. The normalized spacial score (nSPS) is 15.7. The number of fused-ring (bicyclic) bond motifs is 1. The van der Waals surface area contributed by atoms with Gasteiger partial charge in [0.25, 0.3) is 5.91 Å². The van der Waals surface area contributed by atoms with Gasteiger partial charge in [-0.1, -0.05) is 12.1 Å². The maximum Gasteiger partial charge on any atom is 0.416 e. The number of nitrogens with one attached hydrogen (secondary N) is 3. The minimum atomic E-state index is -4.59. The summed E-state index contributed by atoms with van der Waals surface area (Å²) in [7, 11) is 3.94. The Morgan fingerprint density at radius 1 is 1.09 bits per heavy atom. The standard InChI is InChI=1S/C31H33F3N6O3/c1-18-4-7-23(11-22(18)14-35-24-10-21-13-27(30(42)43)38-28(21)36-15-24)37-29(41)19-5-6-20(26(12-19)31(32,33)34)16-40-9-8-25(17-40)39(2)3/h4-7,10-13,15,25,35H,8-9,14,16-17H2,1-3H3,(H,36,38)(H,37,41)(H,42,43). The van der Waals surface area contributed by atoms with Crippen LogP contribution < -0.4 is 10.6 Å². The summed E-state index contributed by atoms with van der Waals surface area (Å²) in [6.45, 7) is 3.86. The number of pyridine rings is 1. The molecule has 226 valence electrons. The van der Waals surface area contributed by atoms with Crippen LogP contribution in [0, 0.1) is 6.92 Å². The van der Waals surface area contributed by atoms with Crippen molar-refractivity contribution in [2.45, 2.75) is 38.7 Å². The maximum atomic E-state index is 14.0. The van der Waals surface area contributed by atoms with E-state index in [0.717, 1.165) is 30.2 Å². The number of rotatable bonds is 9. The molecule has 1 atom stereocenters. The molecule has 1 fully saturated rings. The van der Waals surface area contributed by atoms with E-state index in [1.54, 1.807) is 24.4 Å². The molecular weight excluding hydrogens is 561 g/mol.